The average Bonchev–Trinajstić information content (AvgIpc) is 3.24. The summed E-state index contributed by atoms with van der Waals surface area (Å²) < 4.78 is 0. The summed E-state index contributed by atoms with van der Waals surface area (Å²) >= 11 is 13.7. The van der Waals surface area contributed by atoms with E-state index in [1.165, 1.54) is 11.3 Å². The lowest BCUT2D eigenvalue weighted by molar-refractivity contribution is 0.0725. The number of fused-ring (bicyclic) bond motifs is 2. The third kappa shape index (κ3) is 2.25. The second kappa shape index (κ2) is 5.52. The summed E-state index contributed by atoms with van der Waals surface area (Å²) in [6.45, 7) is 0. The molecule has 1 aromatic carbocycles. The van der Waals surface area contributed by atoms with Crippen molar-refractivity contribution in [2.75, 3.05) is 0 Å². The molecule has 1 amide bonds. The molecule has 0 saturated carbocycles. The predicted molar refractivity (Wildman–Crippen MR) is 89.8 cm³/mol. The molecule has 2 aromatic rings. The van der Waals surface area contributed by atoms with E-state index in [-0.39, 0.29) is 5.91 Å². The van der Waals surface area contributed by atoms with Crippen LogP contribution in [0.4, 0.5) is 0 Å². The third-order valence-corrected chi connectivity index (χ3v) is 6.29. The van der Waals surface area contributed by atoms with Gasteiger partial charge in [0.25, 0.3) is 5.91 Å². The Kier molecular flexibility index (Phi) is 3.63. The van der Waals surface area contributed by atoms with E-state index in [1.807, 2.05) is 22.4 Å². The Labute approximate surface area is 142 Å². The number of nitrogens with zero attached hydrogens (tertiary/aromatic N) is 2. The van der Waals surface area contributed by atoms with Gasteiger partial charge in [0.05, 0.1) is 10.0 Å². The summed E-state index contributed by atoms with van der Waals surface area (Å²) in [4.78, 5) is 19.3. The number of aromatic nitrogens is 1. The second-order valence-electron chi connectivity index (χ2n) is 5.81. The van der Waals surface area contributed by atoms with Gasteiger partial charge in [-0.1, -0.05) is 35.3 Å². The fourth-order valence-electron chi connectivity index (χ4n) is 3.54. The summed E-state index contributed by atoms with van der Waals surface area (Å²) in [5.41, 5.74) is 1.30. The van der Waals surface area contributed by atoms with Crippen molar-refractivity contribution in [1.29, 1.82) is 0 Å². The SMILES string of the molecule is O=C(c1csc(-c2cccc(Cl)c2Cl)n1)N1[C@H]2CC[C@@H]1CC2. The van der Waals surface area contributed by atoms with Crippen LogP contribution in [0.5, 0.6) is 0 Å². The van der Waals surface area contributed by atoms with Gasteiger partial charge in [0, 0.05) is 23.0 Å². The van der Waals surface area contributed by atoms with Gasteiger partial charge in [0.2, 0.25) is 0 Å². The lowest BCUT2D eigenvalue weighted by Gasteiger charge is -2.20. The molecule has 0 spiro atoms. The van der Waals surface area contributed by atoms with Crippen LogP contribution in [-0.4, -0.2) is 27.9 Å². The van der Waals surface area contributed by atoms with Crippen LogP contribution in [0, 0.1) is 0 Å². The molecule has 2 bridgehead atoms. The van der Waals surface area contributed by atoms with Crippen LogP contribution in [0.25, 0.3) is 10.6 Å². The van der Waals surface area contributed by atoms with Crippen molar-refractivity contribution in [3.8, 4) is 10.6 Å². The largest absolute Gasteiger partial charge is 0.331 e. The molecule has 1 aromatic heterocycles. The zero-order chi connectivity index (χ0) is 15.3. The monoisotopic (exact) mass is 352 g/mol. The number of halogens is 2. The molecule has 2 aliphatic rings. The molecule has 0 unspecified atom stereocenters. The molecule has 0 N–H and O–H groups in total. The van der Waals surface area contributed by atoms with Gasteiger partial charge in [-0.3, -0.25) is 4.79 Å². The number of hydrogen-bond acceptors (Lipinski definition) is 3. The molecule has 0 aliphatic carbocycles. The lowest BCUT2D eigenvalue weighted by Crippen LogP contribution is -2.35. The van der Waals surface area contributed by atoms with E-state index in [2.05, 4.69) is 4.98 Å². The quantitative estimate of drug-likeness (QED) is 0.771. The molecule has 3 heterocycles. The standard InChI is InChI=1S/C16H14Cl2N2OS/c17-12-3-1-2-11(14(12)18)15-19-13(8-22-15)16(21)20-9-4-5-10(20)7-6-9/h1-3,8-10H,4-7H2/t9-,10+. The molecule has 3 nitrogen and oxygen atoms in total. The van der Waals surface area contributed by atoms with E-state index in [1.54, 1.807) is 6.07 Å². The molecule has 2 fully saturated rings. The van der Waals surface area contributed by atoms with Gasteiger partial charge >= 0.3 is 0 Å². The Morgan fingerprint density at radius 1 is 1.18 bits per heavy atom. The smallest absolute Gasteiger partial charge is 0.273 e. The van der Waals surface area contributed by atoms with E-state index in [0.29, 0.717) is 27.8 Å². The second-order valence-corrected chi connectivity index (χ2v) is 7.46. The van der Waals surface area contributed by atoms with E-state index in [0.717, 1.165) is 36.3 Å². The summed E-state index contributed by atoms with van der Waals surface area (Å²) in [6, 6.07) is 6.29. The van der Waals surface area contributed by atoms with Crippen LogP contribution in [0.2, 0.25) is 10.0 Å². The number of carbonyl (C=O) groups is 1. The number of thiazole rings is 1. The Balaban J connectivity index is 1.64. The van der Waals surface area contributed by atoms with Crippen LogP contribution >= 0.6 is 34.5 Å². The topological polar surface area (TPSA) is 33.2 Å². The lowest BCUT2D eigenvalue weighted by atomic mass is 10.0. The molecule has 0 radical (unpaired) electrons. The zero-order valence-electron chi connectivity index (χ0n) is 11.8. The van der Waals surface area contributed by atoms with Crippen LogP contribution in [0.3, 0.4) is 0 Å². The third-order valence-electron chi connectivity index (χ3n) is 4.59. The van der Waals surface area contributed by atoms with E-state index >= 15 is 0 Å². The van der Waals surface area contributed by atoms with Crippen molar-refractivity contribution in [3.63, 3.8) is 0 Å². The molecule has 4 rings (SSSR count). The first-order valence-corrected chi connectivity index (χ1v) is 9.01. The predicted octanol–water partition coefficient (Wildman–Crippen LogP) is 4.88. The molecule has 6 heteroatoms. The van der Waals surface area contributed by atoms with Gasteiger partial charge in [-0.05, 0) is 31.7 Å². The van der Waals surface area contributed by atoms with Crippen LogP contribution < -0.4 is 0 Å². The van der Waals surface area contributed by atoms with Crippen molar-refractivity contribution in [2.45, 2.75) is 37.8 Å². The Hall–Kier alpha value is -1.10. The van der Waals surface area contributed by atoms with E-state index < -0.39 is 0 Å². The molecular weight excluding hydrogens is 339 g/mol. The van der Waals surface area contributed by atoms with Gasteiger partial charge < -0.3 is 4.90 Å². The molecule has 0 atom stereocenters. The van der Waals surface area contributed by atoms with Gasteiger partial charge in [-0.2, -0.15) is 0 Å². The van der Waals surface area contributed by atoms with Gasteiger partial charge in [0.15, 0.2) is 0 Å². The summed E-state index contributed by atoms with van der Waals surface area (Å²) in [7, 11) is 0. The summed E-state index contributed by atoms with van der Waals surface area (Å²) in [6.07, 6.45) is 4.53. The van der Waals surface area contributed by atoms with Crippen LogP contribution in [0.1, 0.15) is 36.2 Å². The zero-order valence-corrected chi connectivity index (χ0v) is 14.1. The fraction of sp³-hybridized carbons (Fsp3) is 0.375. The van der Waals surface area contributed by atoms with Crippen molar-refractivity contribution in [1.82, 2.24) is 9.88 Å². The first-order chi connectivity index (χ1) is 10.6. The maximum Gasteiger partial charge on any atom is 0.273 e. The van der Waals surface area contributed by atoms with Crippen molar-refractivity contribution < 1.29 is 4.79 Å². The highest BCUT2D eigenvalue weighted by Crippen LogP contribution is 2.39. The van der Waals surface area contributed by atoms with Gasteiger partial charge in [0.1, 0.15) is 10.7 Å². The molecule has 114 valence electrons. The first kappa shape index (κ1) is 14.5. The number of amides is 1. The van der Waals surface area contributed by atoms with Crippen molar-refractivity contribution >= 4 is 40.4 Å². The van der Waals surface area contributed by atoms with Crippen molar-refractivity contribution in [3.05, 3.63) is 39.3 Å². The Bertz CT molecular complexity index is 725. The summed E-state index contributed by atoms with van der Waals surface area (Å²) in [5.74, 6) is 0.0608. The van der Waals surface area contributed by atoms with E-state index in [4.69, 9.17) is 23.2 Å². The summed E-state index contributed by atoms with van der Waals surface area (Å²) in [5, 5.41) is 3.55. The minimum Gasteiger partial charge on any atom is -0.331 e. The normalized spacial score (nSPS) is 23.3. The van der Waals surface area contributed by atoms with Crippen molar-refractivity contribution in [2.24, 2.45) is 0 Å². The number of hydrogen-bond donors (Lipinski definition) is 0. The van der Waals surface area contributed by atoms with Gasteiger partial charge in [-0.25, -0.2) is 4.98 Å². The minimum atomic E-state index is 0.0608. The molecule has 22 heavy (non-hydrogen) atoms. The molecule has 2 saturated heterocycles. The highest BCUT2D eigenvalue weighted by molar-refractivity contribution is 7.13. The van der Waals surface area contributed by atoms with E-state index in [9.17, 15) is 4.79 Å². The first-order valence-electron chi connectivity index (χ1n) is 7.37. The highest BCUT2D eigenvalue weighted by Gasteiger charge is 2.42. The maximum absolute atomic E-state index is 12.7. The average molecular weight is 353 g/mol. The minimum absolute atomic E-state index is 0.0608. The number of carbonyl (C=O) groups excluding carboxylic acids is 1. The molecular formula is C16H14Cl2N2OS. The molecule has 2 aliphatic heterocycles. The maximum atomic E-state index is 12.7. The van der Waals surface area contributed by atoms with Crippen LogP contribution in [-0.2, 0) is 0 Å². The number of rotatable bonds is 2. The van der Waals surface area contributed by atoms with Crippen LogP contribution in [0.15, 0.2) is 23.6 Å². The number of benzene rings is 1. The fourth-order valence-corrected chi connectivity index (χ4v) is 4.81. The Morgan fingerprint density at radius 2 is 1.86 bits per heavy atom. The van der Waals surface area contributed by atoms with Gasteiger partial charge in [-0.15, -0.1) is 11.3 Å². The Morgan fingerprint density at radius 3 is 2.55 bits per heavy atom. The highest BCUT2D eigenvalue weighted by atomic mass is 35.5.